The maximum absolute atomic E-state index is 12.4. The predicted molar refractivity (Wildman–Crippen MR) is 85.8 cm³/mol. The number of aromatic nitrogens is 2. The van der Waals surface area contributed by atoms with E-state index in [2.05, 4.69) is 9.84 Å². The lowest BCUT2D eigenvalue weighted by molar-refractivity contribution is -0.0514. The summed E-state index contributed by atoms with van der Waals surface area (Å²) < 4.78 is 35.8. The molecule has 1 aromatic carbocycles. The third kappa shape index (κ3) is 4.55. The lowest BCUT2D eigenvalue weighted by Gasteiger charge is -2.11. The van der Waals surface area contributed by atoms with E-state index in [1.54, 1.807) is 14.0 Å². The number of hydrogen-bond acceptors (Lipinski definition) is 4. The van der Waals surface area contributed by atoms with Crippen LogP contribution in [0.5, 0.6) is 11.5 Å². The fraction of sp³-hybridized carbons (Fsp3) is 0.250. The molecule has 0 unspecified atom stereocenters. The summed E-state index contributed by atoms with van der Waals surface area (Å²) in [6.07, 6.45) is 4.33. The van der Waals surface area contributed by atoms with E-state index < -0.39 is 6.61 Å². The van der Waals surface area contributed by atoms with Crippen molar-refractivity contribution >= 4 is 23.5 Å². The molecule has 1 heterocycles. The molecule has 0 N–H and O–H groups in total. The van der Waals surface area contributed by atoms with Gasteiger partial charge in [-0.1, -0.05) is 23.7 Å². The number of hydrogen-bond donors (Lipinski definition) is 0. The maximum Gasteiger partial charge on any atom is 0.387 e. The Hall–Kier alpha value is -2.41. The van der Waals surface area contributed by atoms with Gasteiger partial charge in [0.25, 0.3) is 0 Å². The molecule has 0 amide bonds. The number of rotatable bonds is 7. The van der Waals surface area contributed by atoms with Crippen molar-refractivity contribution in [2.75, 3.05) is 6.61 Å². The molecular weight excluding hydrogens is 342 g/mol. The second-order valence-electron chi connectivity index (χ2n) is 4.71. The standard InChI is InChI=1S/C16H15ClF2N2O3/c1-3-23-14-8-10(5-7-13(14)24-16(18)19)4-6-12(22)15-11(17)9-21(2)20-15/h4-9,16H,3H2,1-2H3. The molecule has 0 aliphatic carbocycles. The van der Waals surface area contributed by atoms with Gasteiger partial charge in [0.2, 0.25) is 5.78 Å². The third-order valence-electron chi connectivity index (χ3n) is 2.93. The summed E-state index contributed by atoms with van der Waals surface area (Å²) in [6, 6.07) is 4.39. The summed E-state index contributed by atoms with van der Waals surface area (Å²) >= 11 is 5.91. The summed E-state index contributed by atoms with van der Waals surface area (Å²) in [6.45, 7) is -0.935. The van der Waals surface area contributed by atoms with Gasteiger partial charge < -0.3 is 9.47 Å². The van der Waals surface area contributed by atoms with Gasteiger partial charge >= 0.3 is 6.61 Å². The van der Waals surface area contributed by atoms with E-state index in [0.29, 0.717) is 5.56 Å². The highest BCUT2D eigenvalue weighted by Gasteiger charge is 2.13. The summed E-state index contributed by atoms with van der Waals surface area (Å²) in [5.41, 5.74) is 0.721. The van der Waals surface area contributed by atoms with Gasteiger partial charge in [-0.25, -0.2) is 0 Å². The monoisotopic (exact) mass is 356 g/mol. The highest BCUT2D eigenvalue weighted by atomic mass is 35.5. The number of ketones is 1. The third-order valence-corrected chi connectivity index (χ3v) is 3.20. The van der Waals surface area contributed by atoms with E-state index in [1.165, 1.54) is 41.2 Å². The van der Waals surface area contributed by atoms with Crippen LogP contribution in [0, 0.1) is 0 Å². The minimum absolute atomic E-state index is 0.0666. The minimum Gasteiger partial charge on any atom is -0.490 e. The van der Waals surface area contributed by atoms with Gasteiger partial charge in [0.15, 0.2) is 17.2 Å². The zero-order valence-corrected chi connectivity index (χ0v) is 13.8. The van der Waals surface area contributed by atoms with Crippen molar-refractivity contribution < 1.29 is 23.0 Å². The van der Waals surface area contributed by atoms with Gasteiger partial charge in [0, 0.05) is 13.2 Å². The number of carbonyl (C=O) groups excluding carboxylic acids is 1. The molecule has 5 nitrogen and oxygen atoms in total. The number of aryl methyl sites for hydroxylation is 1. The molecule has 0 bridgehead atoms. The van der Waals surface area contributed by atoms with Crippen LogP contribution in [0.3, 0.4) is 0 Å². The molecule has 24 heavy (non-hydrogen) atoms. The van der Waals surface area contributed by atoms with Crippen molar-refractivity contribution in [2.24, 2.45) is 7.05 Å². The first-order valence-corrected chi connectivity index (χ1v) is 7.41. The van der Waals surface area contributed by atoms with Crippen LogP contribution in [0.2, 0.25) is 5.02 Å². The Morgan fingerprint density at radius 3 is 2.75 bits per heavy atom. The average Bonchev–Trinajstić information content (AvgIpc) is 2.85. The zero-order chi connectivity index (χ0) is 17.7. The van der Waals surface area contributed by atoms with Crippen LogP contribution in [0.1, 0.15) is 23.0 Å². The van der Waals surface area contributed by atoms with Crippen LogP contribution in [0.4, 0.5) is 8.78 Å². The Kier molecular flexibility index (Phi) is 5.92. The van der Waals surface area contributed by atoms with E-state index in [1.807, 2.05) is 0 Å². The van der Waals surface area contributed by atoms with E-state index >= 15 is 0 Å². The van der Waals surface area contributed by atoms with Gasteiger partial charge in [-0.2, -0.15) is 13.9 Å². The molecule has 0 atom stereocenters. The molecule has 0 aliphatic heterocycles. The van der Waals surface area contributed by atoms with Crippen molar-refractivity contribution in [3.05, 3.63) is 46.8 Å². The first-order chi connectivity index (χ1) is 11.4. The number of nitrogens with zero attached hydrogens (tertiary/aromatic N) is 2. The van der Waals surface area contributed by atoms with Crippen molar-refractivity contribution in [1.29, 1.82) is 0 Å². The lowest BCUT2D eigenvalue weighted by Crippen LogP contribution is -2.04. The van der Waals surface area contributed by atoms with Crippen molar-refractivity contribution in [1.82, 2.24) is 9.78 Å². The fourth-order valence-corrected chi connectivity index (χ4v) is 2.24. The second kappa shape index (κ2) is 7.92. The molecule has 0 fully saturated rings. The topological polar surface area (TPSA) is 53.3 Å². The number of alkyl halides is 2. The highest BCUT2D eigenvalue weighted by Crippen LogP contribution is 2.30. The first-order valence-electron chi connectivity index (χ1n) is 7.04. The van der Waals surface area contributed by atoms with E-state index in [-0.39, 0.29) is 34.6 Å². The average molecular weight is 357 g/mol. The number of ether oxygens (including phenoxy) is 2. The lowest BCUT2D eigenvalue weighted by atomic mass is 10.1. The normalized spacial score (nSPS) is 11.2. The summed E-state index contributed by atoms with van der Waals surface area (Å²) in [5.74, 6) is -0.266. The predicted octanol–water partition coefficient (Wildman–Crippen LogP) is 3.97. The maximum atomic E-state index is 12.4. The molecule has 128 valence electrons. The van der Waals surface area contributed by atoms with Crippen LogP contribution in [-0.4, -0.2) is 28.8 Å². The molecule has 8 heteroatoms. The molecule has 0 saturated carbocycles. The largest absolute Gasteiger partial charge is 0.490 e. The number of carbonyl (C=O) groups is 1. The molecule has 2 aromatic rings. The Balaban J connectivity index is 2.21. The Morgan fingerprint density at radius 2 is 2.17 bits per heavy atom. The van der Waals surface area contributed by atoms with Gasteiger partial charge in [-0.05, 0) is 30.7 Å². The minimum atomic E-state index is -2.95. The molecule has 0 aliphatic rings. The zero-order valence-electron chi connectivity index (χ0n) is 13.0. The Bertz CT molecular complexity index is 760. The van der Waals surface area contributed by atoms with Crippen LogP contribution in [-0.2, 0) is 7.05 Å². The smallest absolute Gasteiger partial charge is 0.387 e. The van der Waals surface area contributed by atoms with Gasteiger partial charge in [0.05, 0.1) is 11.6 Å². The quantitative estimate of drug-likeness (QED) is 0.556. The molecule has 1 aromatic heterocycles. The van der Waals surface area contributed by atoms with Crippen molar-refractivity contribution in [3.8, 4) is 11.5 Å². The summed E-state index contributed by atoms with van der Waals surface area (Å²) in [5, 5.41) is 4.22. The van der Waals surface area contributed by atoms with Crippen molar-refractivity contribution in [2.45, 2.75) is 13.5 Å². The fourth-order valence-electron chi connectivity index (χ4n) is 1.97. The summed E-state index contributed by atoms with van der Waals surface area (Å²) in [7, 11) is 1.66. The molecular formula is C16H15ClF2N2O3. The number of halogens is 3. The van der Waals surface area contributed by atoms with Gasteiger partial charge in [-0.3, -0.25) is 9.48 Å². The Morgan fingerprint density at radius 1 is 1.42 bits per heavy atom. The van der Waals surface area contributed by atoms with Crippen molar-refractivity contribution in [3.63, 3.8) is 0 Å². The van der Waals surface area contributed by atoms with E-state index in [0.717, 1.165) is 0 Å². The first kappa shape index (κ1) is 17.9. The summed E-state index contributed by atoms with van der Waals surface area (Å²) in [4.78, 5) is 12.1. The number of benzene rings is 1. The molecule has 0 radical (unpaired) electrons. The van der Waals surface area contributed by atoms with Crippen LogP contribution < -0.4 is 9.47 Å². The van der Waals surface area contributed by atoms with E-state index in [9.17, 15) is 13.6 Å². The van der Waals surface area contributed by atoms with Gasteiger partial charge in [0.1, 0.15) is 0 Å². The molecule has 0 saturated heterocycles. The van der Waals surface area contributed by atoms with Gasteiger partial charge in [-0.15, -0.1) is 0 Å². The van der Waals surface area contributed by atoms with Crippen LogP contribution in [0.25, 0.3) is 6.08 Å². The molecule has 2 rings (SSSR count). The second-order valence-corrected chi connectivity index (χ2v) is 5.12. The van der Waals surface area contributed by atoms with Crippen LogP contribution >= 0.6 is 11.6 Å². The van der Waals surface area contributed by atoms with E-state index in [4.69, 9.17) is 16.3 Å². The highest BCUT2D eigenvalue weighted by molar-refractivity contribution is 6.34. The Labute approximate surface area is 142 Å². The SMILES string of the molecule is CCOc1cc(C=CC(=O)c2nn(C)cc2Cl)ccc1OC(F)F. The molecule has 0 spiro atoms. The van der Waals surface area contributed by atoms with Crippen LogP contribution in [0.15, 0.2) is 30.5 Å². The number of allylic oxidation sites excluding steroid dienone is 1.